The summed E-state index contributed by atoms with van der Waals surface area (Å²) in [5.41, 5.74) is 0.927. The highest BCUT2D eigenvalue weighted by molar-refractivity contribution is 5.96. The number of nitrogens with one attached hydrogen (secondary N) is 1. The number of hydrogen-bond donors (Lipinski definition) is 2. The number of aliphatic hydroxyl groups excluding tert-OH is 1. The molecule has 0 unspecified atom stereocenters. The van der Waals surface area contributed by atoms with Gasteiger partial charge in [0.05, 0.1) is 6.10 Å². The van der Waals surface area contributed by atoms with Crippen molar-refractivity contribution in [3.05, 3.63) is 71.8 Å². The van der Waals surface area contributed by atoms with Crippen LogP contribution in [0.5, 0.6) is 0 Å². The third-order valence-electron chi connectivity index (χ3n) is 3.39. The molecule has 2 aromatic carbocycles. The zero-order valence-corrected chi connectivity index (χ0v) is 13.7. The maximum absolute atomic E-state index is 12.4. The lowest BCUT2D eigenvalue weighted by molar-refractivity contribution is -0.152. The molecule has 0 fully saturated rings. The van der Waals surface area contributed by atoms with Gasteiger partial charge in [-0.2, -0.15) is 0 Å². The normalized spacial score (nSPS) is 13.2. The third kappa shape index (κ3) is 4.67. The lowest BCUT2D eigenvalue weighted by atomic mass is 10.0. The summed E-state index contributed by atoms with van der Waals surface area (Å²) in [6, 6.07) is 16.0. The van der Waals surface area contributed by atoms with E-state index in [0.29, 0.717) is 11.1 Å². The van der Waals surface area contributed by atoms with Crippen LogP contribution in [-0.4, -0.2) is 29.1 Å². The number of carbonyl (C=O) groups is 2. The Bertz CT molecular complexity index is 670. The SMILES string of the molecule is CC(C)OC(=O)[C@@H](NC(=O)c1ccccc1)[C@H](O)c1ccccc1. The van der Waals surface area contributed by atoms with Crippen molar-refractivity contribution in [2.24, 2.45) is 0 Å². The highest BCUT2D eigenvalue weighted by atomic mass is 16.5. The fraction of sp³-hybridized carbons (Fsp3) is 0.263. The van der Waals surface area contributed by atoms with Crippen molar-refractivity contribution >= 4 is 11.9 Å². The van der Waals surface area contributed by atoms with Crippen LogP contribution in [0.25, 0.3) is 0 Å². The second kappa shape index (κ2) is 8.26. The number of ether oxygens (including phenoxy) is 1. The van der Waals surface area contributed by atoms with Crippen molar-refractivity contribution in [2.45, 2.75) is 32.1 Å². The fourth-order valence-corrected chi connectivity index (χ4v) is 2.23. The second-order valence-electron chi connectivity index (χ2n) is 5.66. The van der Waals surface area contributed by atoms with Gasteiger partial charge in [0.1, 0.15) is 6.10 Å². The van der Waals surface area contributed by atoms with E-state index < -0.39 is 24.0 Å². The molecule has 0 radical (unpaired) electrons. The highest BCUT2D eigenvalue weighted by Crippen LogP contribution is 2.18. The molecule has 2 atom stereocenters. The molecule has 5 nitrogen and oxygen atoms in total. The van der Waals surface area contributed by atoms with Gasteiger partial charge < -0.3 is 15.2 Å². The van der Waals surface area contributed by atoms with Crippen LogP contribution < -0.4 is 5.32 Å². The average Bonchev–Trinajstić information content (AvgIpc) is 2.59. The molecule has 0 aliphatic rings. The third-order valence-corrected chi connectivity index (χ3v) is 3.39. The van der Waals surface area contributed by atoms with Gasteiger partial charge in [-0.3, -0.25) is 4.79 Å². The van der Waals surface area contributed by atoms with E-state index in [9.17, 15) is 14.7 Å². The number of hydrogen-bond acceptors (Lipinski definition) is 4. The van der Waals surface area contributed by atoms with Crippen molar-refractivity contribution in [3.63, 3.8) is 0 Å². The van der Waals surface area contributed by atoms with Gasteiger partial charge >= 0.3 is 5.97 Å². The van der Waals surface area contributed by atoms with Crippen molar-refractivity contribution in [2.75, 3.05) is 0 Å². The Morgan fingerprint density at radius 1 is 0.958 bits per heavy atom. The maximum atomic E-state index is 12.4. The Hall–Kier alpha value is -2.66. The molecule has 0 saturated heterocycles. The van der Waals surface area contributed by atoms with Gasteiger partial charge in [-0.1, -0.05) is 48.5 Å². The Morgan fingerprint density at radius 2 is 1.50 bits per heavy atom. The summed E-state index contributed by atoms with van der Waals surface area (Å²) in [5, 5.41) is 13.1. The summed E-state index contributed by atoms with van der Waals surface area (Å²) in [5.74, 6) is -1.12. The molecule has 0 aliphatic heterocycles. The smallest absolute Gasteiger partial charge is 0.332 e. The van der Waals surface area contributed by atoms with Crippen molar-refractivity contribution in [1.82, 2.24) is 5.32 Å². The predicted octanol–water partition coefficient (Wildman–Crippen LogP) is 2.47. The van der Waals surface area contributed by atoms with Gasteiger partial charge in [-0.15, -0.1) is 0 Å². The van der Waals surface area contributed by atoms with Gasteiger partial charge in [0, 0.05) is 5.56 Å². The summed E-state index contributed by atoms with van der Waals surface area (Å²) in [4.78, 5) is 24.7. The maximum Gasteiger partial charge on any atom is 0.332 e. The molecule has 0 spiro atoms. The van der Waals surface area contributed by atoms with E-state index in [2.05, 4.69) is 5.32 Å². The molecular weight excluding hydrogens is 306 g/mol. The standard InChI is InChI=1S/C19H21NO4/c1-13(2)24-19(23)16(17(21)14-9-5-3-6-10-14)20-18(22)15-11-7-4-8-12-15/h3-13,16-17,21H,1-2H3,(H,20,22)/t16-,17+/m0/s1. The lowest BCUT2D eigenvalue weighted by Crippen LogP contribution is -2.46. The van der Waals surface area contributed by atoms with Gasteiger partial charge in [-0.25, -0.2) is 4.79 Å². The molecular formula is C19H21NO4. The first-order valence-corrected chi connectivity index (χ1v) is 7.78. The Kier molecular flexibility index (Phi) is 6.09. The van der Waals surface area contributed by atoms with Crippen LogP contribution in [0.1, 0.15) is 35.9 Å². The minimum absolute atomic E-state index is 0.350. The summed E-state index contributed by atoms with van der Waals surface area (Å²) in [7, 11) is 0. The molecule has 0 heterocycles. The van der Waals surface area contributed by atoms with Crippen molar-refractivity contribution in [1.29, 1.82) is 0 Å². The van der Waals surface area contributed by atoms with E-state index in [0.717, 1.165) is 0 Å². The molecule has 1 amide bonds. The molecule has 24 heavy (non-hydrogen) atoms. The van der Waals surface area contributed by atoms with E-state index in [1.165, 1.54) is 0 Å². The molecule has 0 aromatic heterocycles. The number of benzene rings is 2. The summed E-state index contributed by atoms with van der Waals surface area (Å²) < 4.78 is 5.18. The van der Waals surface area contributed by atoms with Gasteiger partial charge in [-0.05, 0) is 31.5 Å². The van der Waals surface area contributed by atoms with Crippen LogP contribution in [0.3, 0.4) is 0 Å². The molecule has 0 bridgehead atoms. The summed E-state index contributed by atoms with van der Waals surface area (Å²) >= 11 is 0. The Labute approximate surface area is 141 Å². The first-order chi connectivity index (χ1) is 11.5. The molecule has 2 aromatic rings. The topological polar surface area (TPSA) is 75.6 Å². The predicted molar refractivity (Wildman–Crippen MR) is 90.3 cm³/mol. The molecule has 5 heteroatoms. The van der Waals surface area contributed by atoms with Gasteiger partial charge in [0.25, 0.3) is 5.91 Å². The zero-order chi connectivity index (χ0) is 17.5. The second-order valence-corrected chi connectivity index (χ2v) is 5.66. The van der Waals surface area contributed by atoms with Gasteiger partial charge in [0.15, 0.2) is 6.04 Å². The van der Waals surface area contributed by atoms with E-state index in [1.807, 2.05) is 0 Å². The van der Waals surface area contributed by atoms with E-state index in [1.54, 1.807) is 74.5 Å². The van der Waals surface area contributed by atoms with E-state index in [-0.39, 0.29) is 6.10 Å². The monoisotopic (exact) mass is 327 g/mol. The van der Waals surface area contributed by atoms with Crippen LogP contribution in [0.4, 0.5) is 0 Å². The highest BCUT2D eigenvalue weighted by Gasteiger charge is 2.31. The Balaban J connectivity index is 2.22. The average molecular weight is 327 g/mol. The minimum atomic E-state index is -1.20. The van der Waals surface area contributed by atoms with E-state index >= 15 is 0 Å². The summed E-state index contributed by atoms with van der Waals surface area (Å²) in [6.45, 7) is 3.42. The van der Waals surface area contributed by atoms with Crippen molar-refractivity contribution < 1.29 is 19.4 Å². The number of carbonyl (C=O) groups excluding carboxylic acids is 2. The quantitative estimate of drug-likeness (QED) is 0.799. The molecule has 0 aliphatic carbocycles. The number of rotatable bonds is 6. The van der Waals surface area contributed by atoms with Crippen LogP contribution in [0.15, 0.2) is 60.7 Å². The first kappa shape index (κ1) is 17.7. The first-order valence-electron chi connectivity index (χ1n) is 7.78. The minimum Gasteiger partial charge on any atom is -0.461 e. The summed E-state index contributed by atoms with van der Waals surface area (Å²) in [6.07, 6.45) is -1.55. The van der Waals surface area contributed by atoms with Crippen LogP contribution in [-0.2, 0) is 9.53 Å². The van der Waals surface area contributed by atoms with Crippen molar-refractivity contribution in [3.8, 4) is 0 Å². The van der Waals surface area contributed by atoms with Gasteiger partial charge in [0.2, 0.25) is 0 Å². The zero-order valence-electron chi connectivity index (χ0n) is 13.7. The van der Waals surface area contributed by atoms with Crippen LogP contribution in [0, 0.1) is 0 Å². The number of esters is 1. The van der Waals surface area contributed by atoms with E-state index in [4.69, 9.17) is 4.74 Å². The fourth-order valence-electron chi connectivity index (χ4n) is 2.23. The lowest BCUT2D eigenvalue weighted by Gasteiger charge is -2.24. The largest absolute Gasteiger partial charge is 0.461 e. The van der Waals surface area contributed by atoms with Crippen LogP contribution >= 0.6 is 0 Å². The van der Waals surface area contributed by atoms with Crippen LogP contribution in [0.2, 0.25) is 0 Å². The molecule has 0 saturated carbocycles. The Morgan fingerprint density at radius 3 is 2.04 bits per heavy atom. The molecule has 2 N–H and O–H groups in total. The number of aliphatic hydroxyl groups is 1. The molecule has 2 rings (SSSR count). The number of amides is 1. The molecule has 126 valence electrons.